The number of halogens is 3. The summed E-state index contributed by atoms with van der Waals surface area (Å²) in [6.07, 6.45) is 0.267. The summed E-state index contributed by atoms with van der Waals surface area (Å²) in [7, 11) is 0. The number of piperidine rings is 1. The lowest BCUT2D eigenvalue weighted by molar-refractivity contribution is -0.137. The highest BCUT2D eigenvalue weighted by Gasteiger charge is 2.34. The van der Waals surface area contributed by atoms with E-state index in [1.165, 1.54) is 17.3 Å². The molecule has 198 valence electrons. The molecule has 0 spiro atoms. The third-order valence-corrected chi connectivity index (χ3v) is 8.00. The molecule has 4 nitrogen and oxygen atoms in total. The van der Waals surface area contributed by atoms with E-state index in [0.717, 1.165) is 75.8 Å². The number of hydrogen-bond donors (Lipinski definition) is 0. The lowest BCUT2D eigenvalue weighted by atomic mass is 9.90. The molecule has 0 aromatic heterocycles. The Bertz CT molecular complexity index is 1090. The Labute approximate surface area is 223 Å². The first-order valence-electron chi connectivity index (χ1n) is 13.1. The van der Waals surface area contributed by atoms with Crippen LogP contribution in [0.2, 0.25) is 0 Å². The van der Waals surface area contributed by atoms with E-state index in [1.54, 1.807) is 12.1 Å². The van der Waals surface area contributed by atoms with Gasteiger partial charge in [0.1, 0.15) is 0 Å². The lowest BCUT2D eigenvalue weighted by Crippen LogP contribution is -2.46. The molecule has 8 heteroatoms. The normalized spacial score (nSPS) is 17.6. The molecule has 2 aliphatic heterocycles. The first-order valence-corrected chi connectivity index (χ1v) is 13.6. The van der Waals surface area contributed by atoms with Gasteiger partial charge in [0, 0.05) is 50.6 Å². The minimum Gasteiger partial charge on any atom is -0.372 e. The summed E-state index contributed by atoms with van der Waals surface area (Å²) in [6.45, 7) is 8.85. The fraction of sp³-hybridized carbons (Fsp3) is 0.517. The first-order chi connectivity index (χ1) is 17.7. The maximum Gasteiger partial charge on any atom is 0.417 e. The Hall–Kier alpha value is -2.63. The SMILES string of the molecule is Cc1ccc(N2CCN(CCCC(=S)CC3CCN(c4ccc(C#N)c(C(F)(F)F)c4)CC3)CC2)cc1. The molecule has 0 amide bonds. The van der Waals surface area contributed by atoms with Gasteiger partial charge in [-0.1, -0.05) is 29.9 Å². The third-order valence-electron chi connectivity index (χ3n) is 7.63. The van der Waals surface area contributed by atoms with Crippen LogP contribution in [0, 0.1) is 24.2 Å². The predicted molar refractivity (Wildman–Crippen MR) is 147 cm³/mol. The summed E-state index contributed by atoms with van der Waals surface area (Å²) in [6, 6.07) is 14.4. The van der Waals surface area contributed by atoms with Crippen molar-refractivity contribution < 1.29 is 13.2 Å². The van der Waals surface area contributed by atoms with Crippen LogP contribution < -0.4 is 9.80 Å². The number of nitriles is 1. The van der Waals surface area contributed by atoms with Gasteiger partial charge < -0.3 is 9.80 Å². The molecule has 0 atom stereocenters. The highest BCUT2D eigenvalue weighted by atomic mass is 32.1. The minimum absolute atomic E-state index is 0.329. The third kappa shape index (κ3) is 7.45. The Morgan fingerprint density at radius 3 is 2.19 bits per heavy atom. The van der Waals surface area contributed by atoms with Gasteiger partial charge in [0.2, 0.25) is 0 Å². The number of thiocarbonyl (C=S) groups is 1. The van der Waals surface area contributed by atoms with Crippen LogP contribution in [0.4, 0.5) is 24.5 Å². The summed E-state index contributed by atoms with van der Waals surface area (Å²) in [5.41, 5.74) is 1.94. The van der Waals surface area contributed by atoms with Crippen molar-refractivity contribution in [1.82, 2.24) is 4.90 Å². The number of hydrogen-bond acceptors (Lipinski definition) is 5. The molecule has 0 radical (unpaired) electrons. The Morgan fingerprint density at radius 2 is 1.57 bits per heavy atom. The zero-order valence-corrected chi connectivity index (χ0v) is 22.3. The molecule has 0 bridgehead atoms. The van der Waals surface area contributed by atoms with E-state index in [0.29, 0.717) is 24.7 Å². The van der Waals surface area contributed by atoms with Crippen molar-refractivity contribution in [2.75, 3.05) is 55.6 Å². The maximum absolute atomic E-state index is 13.3. The molecule has 0 unspecified atom stereocenters. The van der Waals surface area contributed by atoms with Crippen LogP contribution in [0.5, 0.6) is 0 Å². The van der Waals surface area contributed by atoms with E-state index in [9.17, 15) is 13.2 Å². The molecule has 0 N–H and O–H groups in total. The summed E-state index contributed by atoms with van der Waals surface area (Å²) in [5, 5.41) is 9.02. The fourth-order valence-corrected chi connectivity index (χ4v) is 5.75. The van der Waals surface area contributed by atoms with Crippen LogP contribution in [-0.2, 0) is 6.18 Å². The van der Waals surface area contributed by atoms with E-state index in [-0.39, 0.29) is 5.56 Å². The highest BCUT2D eigenvalue weighted by molar-refractivity contribution is 7.80. The maximum atomic E-state index is 13.3. The molecule has 2 aromatic rings. The molecule has 37 heavy (non-hydrogen) atoms. The molecule has 2 fully saturated rings. The summed E-state index contributed by atoms with van der Waals surface area (Å²) in [4.78, 5) is 8.09. The Morgan fingerprint density at radius 1 is 0.946 bits per heavy atom. The van der Waals surface area contributed by atoms with Crippen molar-refractivity contribution in [3.8, 4) is 6.07 Å². The van der Waals surface area contributed by atoms with E-state index in [1.807, 2.05) is 4.90 Å². The number of piperazine rings is 1. The van der Waals surface area contributed by atoms with Crippen molar-refractivity contribution in [3.63, 3.8) is 0 Å². The average Bonchev–Trinajstić information content (AvgIpc) is 2.89. The van der Waals surface area contributed by atoms with Gasteiger partial charge >= 0.3 is 6.18 Å². The molecule has 2 aliphatic rings. The van der Waals surface area contributed by atoms with Crippen LogP contribution in [0.15, 0.2) is 42.5 Å². The molecule has 4 rings (SSSR count). The monoisotopic (exact) mass is 528 g/mol. The van der Waals surface area contributed by atoms with Crippen molar-refractivity contribution in [3.05, 3.63) is 59.2 Å². The van der Waals surface area contributed by atoms with Gasteiger partial charge in [-0.15, -0.1) is 0 Å². The molecular formula is C29H35F3N4S. The van der Waals surface area contributed by atoms with E-state index in [2.05, 4.69) is 41.0 Å². The number of nitrogens with zero attached hydrogens (tertiary/aromatic N) is 4. The number of rotatable bonds is 8. The molecule has 2 heterocycles. The van der Waals surface area contributed by atoms with Gasteiger partial charge in [0.25, 0.3) is 0 Å². The van der Waals surface area contributed by atoms with E-state index >= 15 is 0 Å². The second-order valence-corrected chi connectivity index (χ2v) is 10.9. The quantitative estimate of drug-likeness (QED) is 0.367. The predicted octanol–water partition coefficient (Wildman–Crippen LogP) is 6.46. The van der Waals surface area contributed by atoms with Crippen molar-refractivity contribution in [2.45, 2.75) is 45.2 Å². The smallest absolute Gasteiger partial charge is 0.372 e. The average molecular weight is 529 g/mol. The largest absolute Gasteiger partial charge is 0.417 e. The van der Waals surface area contributed by atoms with Crippen LogP contribution in [0.25, 0.3) is 0 Å². The summed E-state index contributed by atoms with van der Waals surface area (Å²) >= 11 is 5.71. The van der Waals surface area contributed by atoms with Crippen molar-refractivity contribution in [2.24, 2.45) is 5.92 Å². The number of alkyl halides is 3. The van der Waals surface area contributed by atoms with Gasteiger partial charge in [0.15, 0.2) is 0 Å². The van der Waals surface area contributed by atoms with Crippen molar-refractivity contribution >= 4 is 28.5 Å². The standard InChI is InChI=1S/C29H35F3N4S/c1-22-4-7-25(8-5-22)36-17-15-34(16-18-36)12-2-3-27(37)19-23-10-13-35(14-11-23)26-9-6-24(21-33)28(20-26)29(30,31)32/h4-9,20,23H,2-3,10-19H2,1H3. The molecule has 2 saturated heterocycles. The molecule has 0 aliphatic carbocycles. The highest BCUT2D eigenvalue weighted by Crippen LogP contribution is 2.35. The minimum atomic E-state index is -4.53. The molecule has 2 aromatic carbocycles. The van der Waals surface area contributed by atoms with Crippen molar-refractivity contribution in [1.29, 1.82) is 5.26 Å². The number of anilines is 2. The number of aryl methyl sites for hydroxylation is 1. The fourth-order valence-electron chi connectivity index (χ4n) is 5.37. The van der Waals surface area contributed by atoms with Gasteiger partial charge in [0.05, 0.1) is 17.2 Å². The lowest BCUT2D eigenvalue weighted by Gasteiger charge is -2.36. The zero-order chi connectivity index (χ0) is 26.4. The Balaban J connectivity index is 1.15. The zero-order valence-electron chi connectivity index (χ0n) is 21.4. The van der Waals surface area contributed by atoms with Gasteiger partial charge in [-0.3, -0.25) is 4.90 Å². The Kier molecular flexibility index (Phi) is 9.09. The summed E-state index contributed by atoms with van der Waals surface area (Å²) in [5.74, 6) is 0.488. The van der Waals surface area contributed by atoms with E-state index in [4.69, 9.17) is 17.5 Å². The second kappa shape index (κ2) is 12.3. The molecule has 0 saturated carbocycles. The van der Waals surface area contributed by atoms with E-state index < -0.39 is 11.7 Å². The van der Waals surface area contributed by atoms with Gasteiger partial charge in [-0.2, -0.15) is 18.4 Å². The first kappa shape index (κ1) is 27.4. The van der Waals surface area contributed by atoms with Crippen LogP contribution >= 0.6 is 12.2 Å². The topological polar surface area (TPSA) is 33.5 Å². The molecular weight excluding hydrogens is 493 g/mol. The van der Waals surface area contributed by atoms with Gasteiger partial charge in [-0.05, 0) is 86.7 Å². The summed E-state index contributed by atoms with van der Waals surface area (Å²) < 4.78 is 40.0. The van der Waals surface area contributed by atoms with Gasteiger partial charge in [-0.25, -0.2) is 0 Å². The number of benzene rings is 2. The van der Waals surface area contributed by atoms with Crippen LogP contribution in [0.3, 0.4) is 0 Å². The van der Waals surface area contributed by atoms with Crippen LogP contribution in [-0.4, -0.2) is 55.6 Å². The second-order valence-electron chi connectivity index (χ2n) is 10.3. The van der Waals surface area contributed by atoms with Crippen LogP contribution in [0.1, 0.15) is 48.8 Å².